The van der Waals surface area contributed by atoms with Gasteiger partial charge < -0.3 is 19.4 Å². The fourth-order valence-electron chi connectivity index (χ4n) is 3.24. The van der Waals surface area contributed by atoms with E-state index in [0.717, 1.165) is 26.4 Å². The maximum atomic E-state index is 14.4. The van der Waals surface area contributed by atoms with E-state index in [-0.39, 0.29) is 17.9 Å². The lowest BCUT2D eigenvalue weighted by Gasteiger charge is -2.21. The minimum absolute atomic E-state index is 0.188. The number of ether oxygens (including phenoxy) is 1. The first-order chi connectivity index (χ1) is 17.6. The van der Waals surface area contributed by atoms with Gasteiger partial charge in [-0.2, -0.15) is 0 Å². The highest BCUT2D eigenvalue weighted by atomic mass is 32.2. The fourth-order valence-corrected chi connectivity index (χ4v) is 4.19. The van der Waals surface area contributed by atoms with Gasteiger partial charge in [0.15, 0.2) is 5.82 Å². The van der Waals surface area contributed by atoms with Gasteiger partial charge in [-0.25, -0.2) is 13.9 Å². The first kappa shape index (κ1) is 27.9. The van der Waals surface area contributed by atoms with Gasteiger partial charge in [0.05, 0.1) is 46.6 Å². The summed E-state index contributed by atoms with van der Waals surface area (Å²) in [4.78, 5) is 12.8. The average Bonchev–Trinajstić information content (AvgIpc) is 3.33. The number of quaternary nitrogens is 1. The highest BCUT2D eigenvalue weighted by Crippen LogP contribution is 2.36. The number of carboxylic acids is 1. The number of aromatic carboxylic acids is 1. The van der Waals surface area contributed by atoms with Gasteiger partial charge in [-0.15, -0.1) is 5.10 Å². The maximum Gasteiger partial charge on any atom is 0.335 e. The molecule has 3 aromatic carbocycles. The van der Waals surface area contributed by atoms with Gasteiger partial charge in [-0.1, -0.05) is 41.2 Å². The van der Waals surface area contributed by atoms with E-state index >= 15 is 0 Å². The number of para-hydroxylation sites is 1. The predicted octanol–water partition coefficient (Wildman–Crippen LogP) is 4.62. The maximum absolute atomic E-state index is 14.4. The van der Waals surface area contributed by atoms with Crippen LogP contribution < -0.4 is 4.74 Å². The number of carboxylic acid groups (broad SMARTS) is 1. The number of halogens is 1. The largest absolute Gasteiger partial charge is 0.494 e. The minimum Gasteiger partial charge on any atom is -0.494 e. The van der Waals surface area contributed by atoms with Crippen molar-refractivity contribution in [3.8, 4) is 22.7 Å². The Balaban J connectivity index is 0.000000479. The number of rotatable bonds is 8. The third-order valence-corrected chi connectivity index (χ3v) is 6.24. The fraction of sp³-hybridized carbons (Fsp3) is 0.222. The van der Waals surface area contributed by atoms with Gasteiger partial charge in [0.1, 0.15) is 23.7 Å². The lowest BCUT2D eigenvalue weighted by molar-refractivity contribution is -0.870. The molecule has 1 heterocycles. The Bertz CT molecular complexity index is 1340. The van der Waals surface area contributed by atoms with Crippen molar-refractivity contribution in [1.82, 2.24) is 15.0 Å². The minimum atomic E-state index is -0.966. The average molecular weight is 526 g/mol. The standard InChI is InChI=1S/C22H16FN3O3S.C5H14NO/c1-29-19-7-4-6-17(23)21(19)26-13-18(24-25-26)16-5-2-3-8-20(16)30-15-11-9-14(10-12-15)22(27)28;1-6(2,3)4-5-7/h2-13H,1H3,(H,27,28);7H,4-5H2,1-3H3/q;+1. The summed E-state index contributed by atoms with van der Waals surface area (Å²) < 4.78 is 21.8. The number of likely N-dealkylation sites (N-methyl/N-ethyl adjacent to an activating group) is 1. The molecule has 0 bridgehead atoms. The Labute approximate surface area is 219 Å². The molecule has 37 heavy (non-hydrogen) atoms. The van der Waals surface area contributed by atoms with E-state index < -0.39 is 11.8 Å². The molecule has 8 nitrogen and oxygen atoms in total. The molecule has 0 saturated carbocycles. The van der Waals surface area contributed by atoms with Crippen LogP contribution in [0.3, 0.4) is 0 Å². The first-order valence-electron chi connectivity index (χ1n) is 11.4. The van der Waals surface area contributed by atoms with Crippen LogP contribution in [0.2, 0.25) is 0 Å². The Hall–Kier alpha value is -3.73. The summed E-state index contributed by atoms with van der Waals surface area (Å²) in [6, 6.07) is 18.8. The van der Waals surface area contributed by atoms with Crippen molar-refractivity contribution in [3.05, 3.63) is 84.3 Å². The molecule has 10 heteroatoms. The molecule has 0 spiro atoms. The quantitative estimate of drug-likeness (QED) is 0.324. The molecule has 4 rings (SSSR count). The van der Waals surface area contributed by atoms with Crippen molar-refractivity contribution in [3.63, 3.8) is 0 Å². The second kappa shape index (κ2) is 12.5. The number of aliphatic hydroxyl groups excluding tert-OH is 1. The number of nitrogens with zero attached hydrogens (tertiary/aromatic N) is 4. The summed E-state index contributed by atoms with van der Waals surface area (Å²) in [6.07, 6.45) is 1.65. The molecule has 4 aromatic rings. The van der Waals surface area contributed by atoms with Crippen LogP contribution in [0.4, 0.5) is 4.39 Å². The van der Waals surface area contributed by atoms with E-state index in [4.69, 9.17) is 14.9 Å². The Morgan fingerprint density at radius 1 is 1.05 bits per heavy atom. The van der Waals surface area contributed by atoms with Crippen LogP contribution in [0.5, 0.6) is 5.75 Å². The molecular formula is C27H30FN4O4S+. The van der Waals surface area contributed by atoms with E-state index in [0.29, 0.717) is 11.4 Å². The van der Waals surface area contributed by atoms with Crippen molar-refractivity contribution in [1.29, 1.82) is 0 Å². The summed E-state index contributed by atoms with van der Waals surface area (Å²) >= 11 is 1.48. The molecule has 0 atom stereocenters. The predicted molar refractivity (Wildman–Crippen MR) is 141 cm³/mol. The SMILES string of the molecule is COc1cccc(F)c1-n1cc(-c2ccccc2Sc2ccc(C(=O)O)cc2)nn1.C[N+](C)(C)CCO. The zero-order valence-electron chi connectivity index (χ0n) is 21.1. The lowest BCUT2D eigenvalue weighted by atomic mass is 10.2. The number of aromatic nitrogens is 3. The van der Waals surface area contributed by atoms with Crippen molar-refractivity contribution in [2.45, 2.75) is 9.79 Å². The van der Waals surface area contributed by atoms with Crippen LogP contribution in [0.1, 0.15) is 10.4 Å². The first-order valence-corrected chi connectivity index (χ1v) is 12.2. The lowest BCUT2D eigenvalue weighted by Crippen LogP contribution is -2.36. The van der Waals surface area contributed by atoms with Gasteiger partial charge in [-0.05, 0) is 42.5 Å². The van der Waals surface area contributed by atoms with Crippen LogP contribution in [0, 0.1) is 5.82 Å². The Kier molecular flexibility index (Phi) is 9.40. The summed E-state index contributed by atoms with van der Waals surface area (Å²) in [6.45, 7) is 1.11. The molecule has 0 unspecified atom stereocenters. The van der Waals surface area contributed by atoms with Gasteiger partial charge in [0.2, 0.25) is 0 Å². The van der Waals surface area contributed by atoms with E-state index in [9.17, 15) is 9.18 Å². The van der Waals surface area contributed by atoms with E-state index in [2.05, 4.69) is 31.5 Å². The molecule has 0 aliphatic heterocycles. The second-order valence-electron chi connectivity index (χ2n) is 9.00. The number of hydrogen-bond acceptors (Lipinski definition) is 6. The van der Waals surface area contributed by atoms with Gasteiger partial charge in [0.25, 0.3) is 0 Å². The Morgan fingerprint density at radius 2 is 1.76 bits per heavy atom. The molecule has 0 amide bonds. The monoisotopic (exact) mass is 525 g/mol. The van der Waals surface area contributed by atoms with Crippen LogP contribution in [-0.2, 0) is 0 Å². The molecule has 0 aliphatic carbocycles. The van der Waals surface area contributed by atoms with Gasteiger partial charge >= 0.3 is 5.97 Å². The third-order valence-electron chi connectivity index (χ3n) is 5.16. The molecule has 0 saturated heterocycles. The van der Waals surface area contributed by atoms with Crippen molar-refractivity contribution in [2.75, 3.05) is 41.4 Å². The van der Waals surface area contributed by atoms with Crippen molar-refractivity contribution < 1.29 is 28.6 Å². The van der Waals surface area contributed by atoms with E-state index in [1.807, 2.05) is 24.3 Å². The number of methoxy groups -OCH3 is 1. The summed E-state index contributed by atoms with van der Waals surface area (Å²) in [7, 11) is 7.63. The van der Waals surface area contributed by atoms with Crippen LogP contribution in [0.25, 0.3) is 16.9 Å². The number of aliphatic hydroxyl groups is 1. The summed E-state index contributed by atoms with van der Waals surface area (Å²) in [5.41, 5.74) is 1.82. The molecule has 1 aromatic heterocycles. The number of hydrogen-bond donors (Lipinski definition) is 2. The highest BCUT2D eigenvalue weighted by Gasteiger charge is 2.16. The van der Waals surface area contributed by atoms with E-state index in [1.54, 1.807) is 42.6 Å². The van der Waals surface area contributed by atoms with Crippen molar-refractivity contribution in [2.24, 2.45) is 0 Å². The Morgan fingerprint density at radius 3 is 2.35 bits per heavy atom. The summed E-state index contributed by atoms with van der Waals surface area (Å²) in [5, 5.41) is 25.7. The second-order valence-corrected chi connectivity index (χ2v) is 10.1. The smallest absolute Gasteiger partial charge is 0.335 e. The molecule has 0 aliphatic rings. The zero-order valence-corrected chi connectivity index (χ0v) is 21.9. The zero-order chi connectivity index (χ0) is 27.0. The van der Waals surface area contributed by atoms with Gasteiger partial charge in [-0.3, -0.25) is 0 Å². The third kappa shape index (κ3) is 7.63. The number of carbonyl (C=O) groups is 1. The normalized spacial score (nSPS) is 11.0. The van der Waals surface area contributed by atoms with E-state index in [1.165, 1.54) is 29.6 Å². The highest BCUT2D eigenvalue weighted by molar-refractivity contribution is 7.99. The molecule has 0 radical (unpaired) electrons. The summed E-state index contributed by atoms with van der Waals surface area (Å²) in [5.74, 6) is -1.08. The van der Waals surface area contributed by atoms with Crippen molar-refractivity contribution >= 4 is 17.7 Å². The molecule has 2 N–H and O–H groups in total. The van der Waals surface area contributed by atoms with Crippen LogP contribution in [-0.4, -0.2) is 77.1 Å². The molecule has 194 valence electrons. The van der Waals surface area contributed by atoms with Crippen LogP contribution in [0.15, 0.2) is 82.7 Å². The van der Waals surface area contributed by atoms with Gasteiger partial charge in [0, 0.05) is 15.4 Å². The topological polar surface area (TPSA) is 97.5 Å². The van der Waals surface area contributed by atoms with Crippen LogP contribution >= 0.6 is 11.8 Å². The number of benzene rings is 3. The molecular weight excluding hydrogens is 495 g/mol. The molecule has 0 fully saturated rings.